The molecule has 1 N–H and O–H groups in total. The summed E-state index contributed by atoms with van der Waals surface area (Å²) in [7, 11) is -1.33. The van der Waals surface area contributed by atoms with Gasteiger partial charge in [0.25, 0.3) is 0 Å². The van der Waals surface area contributed by atoms with Gasteiger partial charge in [0.15, 0.2) is 0 Å². The molecule has 0 radical (unpaired) electrons. The normalized spacial score (nSPS) is 13.5. The zero-order valence-electron chi connectivity index (χ0n) is 10.8. The molecule has 1 aromatic carbocycles. The molecule has 0 heterocycles. The zero-order chi connectivity index (χ0) is 13.6. The third-order valence-corrected chi connectivity index (χ3v) is 3.67. The molecule has 0 bridgehead atoms. The summed E-state index contributed by atoms with van der Waals surface area (Å²) in [6.45, 7) is 0.504. The quantitative estimate of drug-likeness (QED) is 0.820. The van der Waals surface area contributed by atoms with Crippen LogP contribution in [0.1, 0.15) is 30.1 Å². The van der Waals surface area contributed by atoms with Gasteiger partial charge in [-0.3, -0.25) is 0 Å². The number of benzene rings is 1. The van der Waals surface area contributed by atoms with Crippen molar-refractivity contribution in [3.8, 4) is 0 Å². The van der Waals surface area contributed by atoms with Gasteiger partial charge in [-0.2, -0.15) is 0 Å². The summed E-state index contributed by atoms with van der Waals surface area (Å²) in [5.41, 5.74) is 1.80. The summed E-state index contributed by atoms with van der Waals surface area (Å²) in [5, 5.41) is 9.97. The molecule has 102 valence electrons. The van der Waals surface area contributed by atoms with E-state index in [1.807, 2.05) is 24.3 Å². The first kappa shape index (κ1) is 15.1. The lowest BCUT2D eigenvalue weighted by molar-refractivity contribution is 0.165. The molecule has 0 aromatic heterocycles. The van der Waals surface area contributed by atoms with Crippen LogP contribution in [-0.2, 0) is 21.2 Å². The fraction of sp³-hybridized carbons (Fsp3) is 0.538. The van der Waals surface area contributed by atoms with Crippen LogP contribution in [0.5, 0.6) is 0 Å². The molecule has 0 spiro atoms. The van der Waals surface area contributed by atoms with Crippen LogP contribution >= 0.6 is 0 Å². The Labute approximate surface area is 109 Å². The molecule has 4 nitrogen and oxygen atoms in total. The fourth-order valence-electron chi connectivity index (χ4n) is 1.76. The maximum absolute atomic E-state index is 11.0. The van der Waals surface area contributed by atoms with Crippen molar-refractivity contribution < 1.29 is 18.3 Å². The van der Waals surface area contributed by atoms with Gasteiger partial charge < -0.3 is 9.84 Å². The van der Waals surface area contributed by atoms with E-state index in [1.165, 1.54) is 6.26 Å². The lowest BCUT2D eigenvalue weighted by atomic mass is 10.0. The van der Waals surface area contributed by atoms with Gasteiger partial charge in [-0.25, -0.2) is 8.42 Å². The standard InChI is InChI=1S/C13H20O4S/c1-17-10-11-5-3-6-12(9-11)13(14)7-4-8-18(2,15)16/h3,5-6,9,13-14H,4,7-8,10H2,1-2H3. The summed E-state index contributed by atoms with van der Waals surface area (Å²) in [4.78, 5) is 0. The molecular weight excluding hydrogens is 252 g/mol. The molecule has 0 aliphatic carbocycles. The number of rotatable bonds is 7. The van der Waals surface area contributed by atoms with Gasteiger partial charge in [-0.15, -0.1) is 0 Å². The minimum atomic E-state index is -2.95. The summed E-state index contributed by atoms with van der Waals surface area (Å²) in [6, 6.07) is 7.51. The minimum Gasteiger partial charge on any atom is -0.388 e. The molecule has 5 heteroatoms. The van der Waals surface area contributed by atoms with Crippen LogP contribution in [0.25, 0.3) is 0 Å². The average molecular weight is 272 g/mol. The Bertz CT molecular complexity index is 468. The molecule has 0 fully saturated rings. The van der Waals surface area contributed by atoms with Gasteiger partial charge in [0.1, 0.15) is 9.84 Å². The SMILES string of the molecule is COCc1cccc(C(O)CCCS(C)(=O)=O)c1. The molecule has 0 aliphatic rings. The van der Waals surface area contributed by atoms with Crippen molar-refractivity contribution in [1.29, 1.82) is 0 Å². The summed E-state index contributed by atoms with van der Waals surface area (Å²) in [5.74, 6) is 0.113. The first-order valence-corrected chi connectivity index (χ1v) is 7.92. The number of ether oxygens (including phenoxy) is 1. The van der Waals surface area contributed by atoms with E-state index in [0.29, 0.717) is 19.4 Å². The maximum atomic E-state index is 11.0. The van der Waals surface area contributed by atoms with Crippen molar-refractivity contribution in [1.82, 2.24) is 0 Å². The van der Waals surface area contributed by atoms with Crippen LogP contribution in [-0.4, -0.2) is 32.6 Å². The van der Waals surface area contributed by atoms with Crippen molar-refractivity contribution in [3.63, 3.8) is 0 Å². The Hall–Kier alpha value is -0.910. The van der Waals surface area contributed by atoms with Gasteiger partial charge in [0.2, 0.25) is 0 Å². The second-order valence-corrected chi connectivity index (χ2v) is 6.73. The molecule has 1 atom stereocenters. The van der Waals surface area contributed by atoms with Gasteiger partial charge in [0.05, 0.1) is 12.7 Å². The van der Waals surface area contributed by atoms with Gasteiger partial charge in [-0.1, -0.05) is 24.3 Å². The van der Waals surface area contributed by atoms with E-state index < -0.39 is 15.9 Å². The first-order valence-electron chi connectivity index (χ1n) is 5.86. The highest BCUT2D eigenvalue weighted by molar-refractivity contribution is 7.90. The van der Waals surface area contributed by atoms with Gasteiger partial charge in [-0.05, 0) is 24.0 Å². The Balaban J connectivity index is 2.55. The molecule has 1 aromatic rings. The van der Waals surface area contributed by atoms with Crippen LogP contribution in [0.2, 0.25) is 0 Å². The lowest BCUT2D eigenvalue weighted by Crippen LogP contribution is -2.06. The number of aliphatic hydroxyl groups excluding tert-OH is 1. The van der Waals surface area contributed by atoms with Crippen LogP contribution in [0.15, 0.2) is 24.3 Å². The number of aliphatic hydroxyl groups is 1. The monoisotopic (exact) mass is 272 g/mol. The van der Waals surface area contributed by atoms with E-state index in [1.54, 1.807) is 7.11 Å². The van der Waals surface area contributed by atoms with Crippen LogP contribution in [0.3, 0.4) is 0 Å². The summed E-state index contributed by atoms with van der Waals surface area (Å²) < 4.78 is 27.0. The molecular formula is C13H20O4S. The molecule has 0 aliphatic heterocycles. The lowest BCUT2D eigenvalue weighted by Gasteiger charge is -2.12. The van der Waals surface area contributed by atoms with Crippen molar-refractivity contribution >= 4 is 9.84 Å². The average Bonchev–Trinajstić information content (AvgIpc) is 2.28. The second-order valence-electron chi connectivity index (χ2n) is 4.47. The Morgan fingerprint density at radius 3 is 2.72 bits per heavy atom. The molecule has 1 rings (SSSR count). The third kappa shape index (κ3) is 5.62. The van der Waals surface area contributed by atoms with E-state index in [2.05, 4.69) is 0 Å². The zero-order valence-corrected chi connectivity index (χ0v) is 11.6. The molecule has 18 heavy (non-hydrogen) atoms. The van der Waals surface area contributed by atoms with Gasteiger partial charge in [0, 0.05) is 19.1 Å². The highest BCUT2D eigenvalue weighted by Crippen LogP contribution is 2.20. The summed E-state index contributed by atoms with van der Waals surface area (Å²) in [6.07, 6.45) is 1.50. The second kappa shape index (κ2) is 6.87. The Kier molecular flexibility index (Phi) is 5.78. The van der Waals surface area contributed by atoms with Crippen molar-refractivity contribution in [2.75, 3.05) is 19.1 Å². The van der Waals surface area contributed by atoms with Gasteiger partial charge >= 0.3 is 0 Å². The molecule has 1 unspecified atom stereocenters. The number of methoxy groups -OCH3 is 1. The number of hydrogen-bond acceptors (Lipinski definition) is 4. The van der Waals surface area contributed by atoms with E-state index in [9.17, 15) is 13.5 Å². The Morgan fingerprint density at radius 1 is 1.39 bits per heavy atom. The van der Waals surface area contributed by atoms with E-state index in [0.717, 1.165) is 11.1 Å². The minimum absolute atomic E-state index is 0.113. The van der Waals surface area contributed by atoms with E-state index in [4.69, 9.17) is 4.74 Å². The van der Waals surface area contributed by atoms with Crippen LogP contribution in [0.4, 0.5) is 0 Å². The largest absolute Gasteiger partial charge is 0.388 e. The summed E-state index contributed by atoms with van der Waals surface area (Å²) >= 11 is 0. The van der Waals surface area contributed by atoms with Crippen LogP contribution < -0.4 is 0 Å². The first-order chi connectivity index (χ1) is 8.42. The van der Waals surface area contributed by atoms with Crippen molar-refractivity contribution in [3.05, 3.63) is 35.4 Å². The predicted molar refractivity (Wildman–Crippen MR) is 71.1 cm³/mol. The third-order valence-electron chi connectivity index (χ3n) is 2.64. The number of hydrogen-bond donors (Lipinski definition) is 1. The Morgan fingerprint density at radius 2 is 2.11 bits per heavy atom. The highest BCUT2D eigenvalue weighted by atomic mass is 32.2. The van der Waals surface area contributed by atoms with Crippen molar-refractivity contribution in [2.24, 2.45) is 0 Å². The van der Waals surface area contributed by atoms with E-state index in [-0.39, 0.29) is 5.75 Å². The smallest absolute Gasteiger partial charge is 0.147 e. The predicted octanol–water partition coefficient (Wildman–Crippen LogP) is 1.69. The van der Waals surface area contributed by atoms with Crippen LogP contribution in [0, 0.1) is 0 Å². The fourth-order valence-corrected chi connectivity index (χ4v) is 2.45. The molecule has 0 saturated carbocycles. The number of sulfone groups is 1. The highest BCUT2D eigenvalue weighted by Gasteiger charge is 2.10. The molecule has 0 amide bonds. The maximum Gasteiger partial charge on any atom is 0.147 e. The topological polar surface area (TPSA) is 63.6 Å². The van der Waals surface area contributed by atoms with E-state index >= 15 is 0 Å². The molecule has 0 saturated heterocycles. The van der Waals surface area contributed by atoms with Crippen molar-refractivity contribution in [2.45, 2.75) is 25.6 Å².